The number of benzene rings is 1. The van der Waals surface area contributed by atoms with E-state index in [0.29, 0.717) is 5.56 Å². The lowest BCUT2D eigenvalue weighted by atomic mass is 10.2. The maximum atomic E-state index is 12.9. The van der Waals surface area contributed by atoms with Crippen molar-refractivity contribution in [3.63, 3.8) is 0 Å². The number of ketones is 1. The van der Waals surface area contributed by atoms with Crippen molar-refractivity contribution in [2.75, 3.05) is 5.75 Å². The van der Waals surface area contributed by atoms with Gasteiger partial charge in [0, 0.05) is 15.3 Å². The Morgan fingerprint density at radius 3 is 2.56 bits per heavy atom. The Hall–Kier alpha value is -1.33. The zero-order valence-electron chi connectivity index (χ0n) is 12.2. The Morgan fingerprint density at radius 2 is 1.92 bits per heavy atom. The number of pyridine rings is 1. The number of thioether (sulfide) groups is 1. The molecule has 0 saturated carbocycles. The highest BCUT2D eigenvalue weighted by Gasteiger charge is 2.32. The molecule has 25 heavy (non-hydrogen) atoms. The van der Waals surface area contributed by atoms with E-state index < -0.39 is 11.7 Å². The molecule has 0 amide bonds. The zero-order valence-corrected chi connectivity index (χ0v) is 15.9. The quantitative estimate of drug-likeness (QED) is 0.290. The predicted octanol–water partition coefficient (Wildman–Crippen LogP) is 4.98. The Labute approximate surface area is 162 Å². The molecular formula is C15H8ClF3IN3OS. The number of Topliss-reactive ketones (excluding diaryl/α,β-unsaturated/α-hetero) is 1. The van der Waals surface area contributed by atoms with Crippen LogP contribution in [0.2, 0.25) is 5.02 Å². The number of carbonyl (C=O) groups excluding carboxylic acids is 1. The van der Waals surface area contributed by atoms with Gasteiger partial charge in [-0.25, -0.2) is 0 Å². The van der Waals surface area contributed by atoms with Crippen LogP contribution in [0.3, 0.4) is 0 Å². The number of halogens is 5. The highest BCUT2D eigenvalue weighted by molar-refractivity contribution is 14.1. The van der Waals surface area contributed by atoms with Crippen LogP contribution in [-0.2, 0) is 6.18 Å². The van der Waals surface area contributed by atoms with Crippen LogP contribution in [0, 0.1) is 3.57 Å². The lowest BCUT2D eigenvalue weighted by Gasteiger charge is -2.08. The number of aromatic nitrogens is 3. The summed E-state index contributed by atoms with van der Waals surface area (Å²) in [7, 11) is 0. The first-order chi connectivity index (χ1) is 11.8. The smallest absolute Gasteiger partial charge is 0.293 e. The molecule has 3 aromatic rings. The van der Waals surface area contributed by atoms with E-state index in [0.717, 1.165) is 32.0 Å². The van der Waals surface area contributed by atoms with E-state index in [4.69, 9.17) is 11.6 Å². The maximum Gasteiger partial charge on any atom is 0.417 e. The first-order valence-electron chi connectivity index (χ1n) is 6.79. The van der Waals surface area contributed by atoms with Crippen LogP contribution in [0.25, 0.3) is 5.65 Å². The average molecular weight is 498 g/mol. The van der Waals surface area contributed by atoms with Gasteiger partial charge in [0.15, 0.2) is 16.6 Å². The summed E-state index contributed by atoms with van der Waals surface area (Å²) in [5.74, 6) is -0.133. The highest BCUT2D eigenvalue weighted by Crippen LogP contribution is 2.33. The SMILES string of the molecule is O=C(CSc1nnc2c(Cl)cc(C(F)(F)F)cn12)c1ccc(I)cc1. The Kier molecular flexibility index (Phi) is 5.26. The number of hydrogen-bond acceptors (Lipinski definition) is 4. The topological polar surface area (TPSA) is 47.3 Å². The van der Waals surface area contributed by atoms with E-state index in [-0.39, 0.29) is 27.4 Å². The second kappa shape index (κ2) is 7.12. The molecule has 0 atom stereocenters. The number of fused-ring (bicyclic) bond motifs is 1. The third-order valence-corrected chi connectivity index (χ3v) is 5.19. The van der Waals surface area contributed by atoms with Crippen molar-refractivity contribution in [2.45, 2.75) is 11.3 Å². The summed E-state index contributed by atoms with van der Waals surface area (Å²) in [6.45, 7) is 0. The highest BCUT2D eigenvalue weighted by atomic mass is 127. The van der Waals surface area contributed by atoms with Gasteiger partial charge in [0.25, 0.3) is 0 Å². The van der Waals surface area contributed by atoms with Crippen LogP contribution in [0.5, 0.6) is 0 Å². The fraction of sp³-hybridized carbons (Fsp3) is 0.133. The molecule has 130 valence electrons. The van der Waals surface area contributed by atoms with Crippen LogP contribution in [0.4, 0.5) is 13.2 Å². The summed E-state index contributed by atoms with van der Waals surface area (Å²) in [4.78, 5) is 12.2. The normalized spacial score (nSPS) is 11.9. The van der Waals surface area contributed by atoms with Crippen molar-refractivity contribution in [1.82, 2.24) is 14.6 Å². The summed E-state index contributed by atoms with van der Waals surface area (Å²) in [5.41, 5.74) is -0.273. The molecule has 0 aliphatic heterocycles. The first kappa shape index (κ1) is 18.5. The monoisotopic (exact) mass is 497 g/mol. The van der Waals surface area contributed by atoms with Crippen LogP contribution in [0.1, 0.15) is 15.9 Å². The number of hydrogen-bond donors (Lipinski definition) is 0. The van der Waals surface area contributed by atoms with Crippen LogP contribution in [0.15, 0.2) is 41.7 Å². The largest absolute Gasteiger partial charge is 0.417 e. The summed E-state index contributed by atoms with van der Waals surface area (Å²) >= 11 is 8.99. The third kappa shape index (κ3) is 4.09. The number of rotatable bonds is 4. The molecule has 3 rings (SSSR count). The number of carbonyl (C=O) groups is 1. The minimum atomic E-state index is -4.54. The van der Waals surface area contributed by atoms with E-state index in [1.807, 2.05) is 0 Å². The van der Waals surface area contributed by atoms with E-state index >= 15 is 0 Å². The number of nitrogens with zero attached hydrogens (tertiary/aromatic N) is 3. The molecule has 0 saturated heterocycles. The molecule has 0 spiro atoms. The molecule has 1 aromatic carbocycles. The van der Waals surface area contributed by atoms with Crippen molar-refractivity contribution in [1.29, 1.82) is 0 Å². The third-order valence-electron chi connectivity index (χ3n) is 3.25. The van der Waals surface area contributed by atoms with Gasteiger partial charge in [-0.15, -0.1) is 10.2 Å². The van der Waals surface area contributed by atoms with Gasteiger partial charge in [-0.2, -0.15) is 13.2 Å². The molecule has 4 nitrogen and oxygen atoms in total. The van der Waals surface area contributed by atoms with Crippen molar-refractivity contribution >= 4 is 57.4 Å². The summed E-state index contributed by atoms with van der Waals surface area (Å²) < 4.78 is 40.9. The van der Waals surface area contributed by atoms with Crippen molar-refractivity contribution in [3.05, 3.63) is 56.2 Å². The molecule has 2 aromatic heterocycles. The molecule has 0 fully saturated rings. The predicted molar refractivity (Wildman–Crippen MR) is 97.2 cm³/mol. The molecule has 0 aliphatic rings. The first-order valence-corrected chi connectivity index (χ1v) is 9.23. The van der Waals surface area contributed by atoms with E-state index in [2.05, 4.69) is 32.8 Å². The lowest BCUT2D eigenvalue weighted by Crippen LogP contribution is -2.07. The van der Waals surface area contributed by atoms with Gasteiger partial charge in [-0.05, 0) is 40.8 Å². The molecule has 10 heteroatoms. The molecule has 0 bridgehead atoms. The van der Waals surface area contributed by atoms with E-state index in [9.17, 15) is 18.0 Å². The lowest BCUT2D eigenvalue weighted by molar-refractivity contribution is -0.137. The van der Waals surface area contributed by atoms with Crippen LogP contribution < -0.4 is 0 Å². The second-order valence-electron chi connectivity index (χ2n) is 4.97. The number of alkyl halides is 3. The Bertz CT molecular complexity index is 944. The van der Waals surface area contributed by atoms with Gasteiger partial charge in [0.05, 0.1) is 16.3 Å². The molecule has 0 aliphatic carbocycles. The van der Waals surface area contributed by atoms with Gasteiger partial charge in [-0.1, -0.05) is 35.5 Å². The summed E-state index contributed by atoms with van der Waals surface area (Å²) in [6, 6.07) is 7.81. The summed E-state index contributed by atoms with van der Waals surface area (Å²) in [6.07, 6.45) is -3.67. The fourth-order valence-electron chi connectivity index (χ4n) is 2.04. The average Bonchev–Trinajstić information content (AvgIpc) is 2.96. The minimum Gasteiger partial charge on any atom is -0.293 e. The molecule has 2 heterocycles. The molecule has 0 radical (unpaired) electrons. The molecular weight excluding hydrogens is 490 g/mol. The molecule has 0 N–H and O–H groups in total. The summed E-state index contributed by atoms with van der Waals surface area (Å²) in [5, 5.41) is 7.63. The van der Waals surface area contributed by atoms with E-state index in [1.54, 1.807) is 24.3 Å². The van der Waals surface area contributed by atoms with Crippen LogP contribution >= 0.6 is 46.0 Å². The Morgan fingerprint density at radius 1 is 1.24 bits per heavy atom. The maximum absolute atomic E-state index is 12.9. The molecule has 0 unspecified atom stereocenters. The van der Waals surface area contributed by atoms with Crippen molar-refractivity contribution < 1.29 is 18.0 Å². The van der Waals surface area contributed by atoms with E-state index in [1.165, 1.54) is 0 Å². The Balaban J connectivity index is 1.85. The van der Waals surface area contributed by atoms with Crippen molar-refractivity contribution in [2.24, 2.45) is 0 Å². The standard InChI is InChI=1S/C15H8ClF3IN3OS/c16-11-5-9(15(17,18)19)6-23-13(11)21-22-14(23)25-7-12(24)8-1-3-10(20)4-2-8/h1-6H,7H2. The van der Waals surface area contributed by atoms with Crippen LogP contribution in [-0.4, -0.2) is 26.1 Å². The van der Waals surface area contributed by atoms with Gasteiger partial charge in [0.2, 0.25) is 0 Å². The van der Waals surface area contributed by atoms with Crippen molar-refractivity contribution in [3.8, 4) is 0 Å². The van der Waals surface area contributed by atoms with Gasteiger partial charge in [0.1, 0.15) is 0 Å². The van der Waals surface area contributed by atoms with Gasteiger partial charge in [-0.3, -0.25) is 9.20 Å². The van der Waals surface area contributed by atoms with Gasteiger partial charge < -0.3 is 0 Å². The second-order valence-corrected chi connectivity index (χ2v) is 7.56. The fourth-order valence-corrected chi connectivity index (χ4v) is 3.45. The van der Waals surface area contributed by atoms with Gasteiger partial charge >= 0.3 is 6.18 Å². The minimum absolute atomic E-state index is 0.0231. The zero-order chi connectivity index (χ0) is 18.2.